The highest BCUT2D eigenvalue weighted by Gasteiger charge is 2.19. The van der Waals surface area contributed by atoms with E-state index in [2.05, 4.69) is 26.6 Å². The van der Waals surface area contributed by atoms with Crippen molar-refractivity contribution in [1.82, 2.24) is 5.32 Å². The van der Waals surface area contributed by atoms with Gasteiger partial charge in [0.05, 0.1) is 10.6 Å². The minimum atomic E-state index is -0.295. The second kappa shape index (κ2) is 10.8. The number of amides is 3. The number of hydrogen-bond acceptors (Lipinski definition) is 2. The second-order valence-electron chi connectivity index (χ2n) is 6.52. The fraction of sp³-hybridized carbons (Fsp3) is 0.130. The van der Waals surface area contributed by atoms with Crippen LogP contribution in [0.25, 0.3) is 0 Å². The SMILES string of the molecule is O=C(NCCCN(C(=O)c1ccccc1Cl)c1ccccc1)Nc1cccc(Br)c1. The van der Waals surface area contributed by atoms with Crippen molar-refractivity contribution in [2.45, 2.75) is 6.42 Å². The molecule has 0 saturated heterocycles. The van der Waals surface area contributed by atoms with Crippen LogP contribution in [0.1, 0.15) is 16.8 Å². The van der Waals surface area contributed by atoms with Crippen molar-refractivity contribution in [3.8, 4) is 0 Å². The number of carbonyl (C=O) groups excluding carboxylic acids is 2. The maximum absolute atomic E-state index is 13.1. The van der Waals surface area contributed by atoms with Crippen LogP contribution in [0.4, 0.5) is 16.2 Å². The first-order chi connectivity index (χ1) is 14.5. The summed E-state index contributed by atoms with van der Waals surface area (Å²) in [6, 6.07) is 23.5. The Hall–Kier alpha value is -2.83. The van der Waals surface area contributed by atoms with Crippen LogP contribution in [0.5, 0.6) is 0 Å². The number of hydrogen-bond donors (Lipinski definition) is 2. The average Bonchev–Trinajstić information content (AvgIpc) is 2.74. The number of nitrogens with zero attached hydrogens (tertiary/aromatic N) is 1. The summed E-state index contributed by atoms with van der Waals surface area (Å²) in [5.41, 5.74) is 1.92. The van der Waals surface area contributed by atoms with Crippen molar-refractivity contribution >= 4 is 50.8 Å². The first kappa shape index (κ1) is 21.9. The molecule has 0 fully saturated rings. The molecule has 2 N–H and O–H groups in total. The van der Waals surface area contributed by atoms with Gasteiger partial charge < -0.3 is 15.5 Å². The molecule has 0 aromatic heterocycles. The van der Waals surface area contributed by atoms with E-state index in [0.717, 1.165) is 10.2 Å². The normalized spacial score (nSPS) is 10.3. The molecule has 0 heterocycles. The summed E-state index contributed by atoms with van der Waals surface area (Å²) >= 11 is 9.60. The Labute approximate surface area is 189 Å². The topological polar surface area (TPSA) is 61.4 Å². The fourth-order valence-electron chi connectivity index (χ4n) is 2.92. The van der Waals surface area contributed by atoms with Crippen molar-refractivity contribution < 1.29 is 9.59 Å². The fourth-order valence-corrected chi connectivity index (χ4v) is 3.53. The van der Waals surface area contributed by atoms with Crippen LogP contribution in [0.2, 0.25) is 5.02 Å². The third-order valence-electron chi connectivity index (χ3n) is 4.34. The van der Waals surface area contributed by atoms with Crippen LogP contribution in [0, 0.1) is 0 Å². The smallest absolute Gasteiger partial charge is 0.319 e. The molecule has 30 heavy (non-hydrogen) atoms. The molecule has 5 nitrogen and oxygen atoms in total. The number of nitrogens with one attached hydrogen (secondary N) is 2. The van der Waals surface area contributed by atoms with Gasteiger partial charge in [0.25, 0.3) is 5.91 Å². The molecule has 3 aromatic rings. The number of benzene rings is 3. The van der Waals surface area contributed by atoms with E-state index in [-0.39, 0.29) is 11.9 Å². The maximum atomic E-state index is 13.1. The summed E-state index contributed by atoms with van der Waals surface area (Å²) in [6.45, 7) is 0.851. The van der Waals surface area contributed by atoms with E-state index >= 15 is 0 Å². The zero-order valence-electron chi connectivity index (χ0n) is 16.1. The molecule has 3 aromatic carbocycles. The van der Waals surface area contributed by atoms with E-state index < -0.39 is 0 Å². The molecule has 0 saturated carbocycles. The van der Waals surface area contributed by atoms with Crippen molar-refractivity contribution in [3.63, 3.8) is 0 Å². The summed E-state index contributed by atoms with van der Waals surface area (Å²) in [7, 11) is 0. The average molecular weight is 487 g/mol. The summed E-state index contributed by atoms with van der Waals surface area (Å²) in [6.07, 6.45) is 0.580. The van der Waals surface area contributed by atoms with Gasteiger partial charge in [-0.2, -0.15) is 0 Å². The molecule has 7 heteroatoms. The van der Waals surface area contributed by atoms with Crippen molar-refractivity contribution in [2.24, 2.45) is 0 Å². The molecule has 0 aliphatic heterocycles. The van der Waals surface area contributed by atoms with E-state index in [1.165, 1.54) is 0 Å². The summed E-state index contributed by atoms with van der Waals surface area (Å²) in [5.74, 6) is -0.176. The van der Waals surface area contributed by atoms with E-state index in [9.17, 15) is 9.59 Å². The molecule has 0 spiro atoms. The molecular formula is C23H21BrClN3O2. The summed E-state index contributed by atoms with van der Waals surface area (Å²) in [4.78, 5) is 26.9. The number of carbonyl (C=O) groups is 2. The van der Waals surface area contributed by atoms with Gasteiger partial charge in [0.1, 0.15) is 0 Å². The molecule has 3 amide bonds. The molecule has 0 atom stereocenters. The third-order valence-corrected chi connectivity index (χ3v) is 5.17. The van der Waals surface area contributed by atoms with Gasteiger partial charge in [-0.1, -0.05) is 63.9 Å². The van der Waals surface area contributed by atoms with Crippen LogP contribution in [-0.2, 0) is 0 Å². The Morgan fingerprint density at radius 3 is 2.40 bits per heavy atom. The van der Waals surface area contributed by atoms with Gasteiger partial charge >= 0.3 is 6.03 Å². The lowest BCUT2D eigenvalue weighted by molar-refractivity contribution is 0.0987. The first-order valence-corrected chi connectivity index (χ1v) is 10.6. The minimum Gasteiger partial charge on any atom is -0.338 e. The van der Waals surface area contributed by atoms with Gasteiger partial charge in [-0.05, 0) is 48.9 Å². The van der Waals surface area contributed by atoms with Crippen LogP contribution in [-0.4, -0.2) is 25.0 Å². The van der Waals surface area contributed by atoms with Crippen LogP contribution < -0.4 is 15.5 Å². The molecule has 0 bridgehead atoms. The van der Waals surface area contributed by atoms with E-state index in [1.54, 1.807) is 29.2 Å². The molecule has 0 aliphatic rings. The Morgan fingerprint density at radius 2 is 1.67 bits per heavy atom. The van der Waals surface area contributed by atoms with Gasteiger partial charge in [-0.3, -0.25) is 4.79 Å². The maximum Gasteiger partial charge on any atom is 0.319 e. The number of anilines is 2. The lowest BCUT2D eigenvalue weighted by Crippen LogP contribution is -2.35. The molecule has 0 radical (unpaired) electrons. The molecule has 3 rings (SSSR count). The van der Waals surface area contributed by atoms with Gasteiger partial charge in [-0.15, -0.1) is 0 Å². The largest absolute Gasteiger partial charge is 0.338 e. The zero-order chi connectivity index (χ0) is 21.3. The minimum absolute atomic E-state index is 0.176. The van der Waals surface area contributed by atoms with Gasteiger partial charge in [0.15, 0.2) is 0 Å². The van der Waals surface area contributed by atoms with E-state index in [1.807, 2.05) is 54.6 Å². The number of para-hydroxylation sites is 1. The van der Waals surface area contributed by atoms with E-state index in [4.69, 9.17) is 11.6 Å². The first-order valence-electron chi connectivity index (χ1n) is 9.46. The standard InChI is InChI=1S/C23H21BrClN3O2/c24-17-8-6-9-18(16-17)27-23(30)26-14-7-15-28(19-10-2-1-3-11-19)22(29)20-12-4-5-13-21(20)25/h1-6,8-13,16H,7,14-15H2,(H2,26,27,30). The van der Waals surface area contributed by atoms with Crippen LogP contribution in [0.3, 0.4) is 0 Å². The molecule has 0 aliphatic carbocycles. The van der Waals surface area contributed by atoms with Gasteiger partial charge in [0.2, 0.25) is 0 Å². The van der Waals surface area contributed by atoms with Gasteiger partial charge in [-0.25, -0.2) is 4.79 Å². The number of urea groups is 1. The molecular weight excluding hydrogens is 466 g/mol. The third kappa shape index (κ3) is 6.08. The Kier molecular flexibility index (Phi) is 7.88. The zero-order valence-corrected chi connectivity index (χ0v) is 18.5. The number of halogens is 2. The highest BCUT2D eigenvalue weighted by molar-refractivity contribution is 9.10. The van der Waals surface area contributed by atoms with Gasteiger partial charge in [0, 0.05) is 28.9 Å². The summed E-state index contributed by atoms with van der Waals surface area (Å²) in [5, 5.41) is 6.01. The van der Waals surface area contributed by atoms with Crippen LogP contribution in [0.15, 0.2) is 83.3 Å². The quantitative estimate of drug-likeness (QED) is 0.405. The van der Waals surface area contributed by atoms with Crippen molar-refractivity contribution in [1.29, 1.82) is 0 Å². The van der Waals surface area contributed by atoms with Crippen LogP contribution >= 0.6 is 27.5 Å². The van der Waals surface area contributed by atoms with Crippen molar-refractivity contribution in [3.05, 3.63) is 93.9 Å². The lowest BCUT2D eigenvalue weighted by atomic mass is 10.1. The lowest BCUT2D eigenvalue weighted by Gasteiger charge is -2.23. The predicted molar refractivity (Wildman–Crippen MR) is 125 cm³/mol. The van der Waals surface area contributed by atoms with E-state index in [0.29, 0.717) is 35.8 Å². The Morgan fingerprint density at radius 1 is 0.933 bits per heavy atom. The van der Waals surface area contributed by atoms with Crippen molar-refractivity contribution in [2.75, 3.05) is 23.3 Å². The second-order valence-corrected chi connectivity index (χ2v) is 7.84. The Balaban J connectivity index is 1.60. The highest BCUT2D eigenvalue weighted by atomic mass is 79.9. The molecule has 0 unspecified atom stereocenters. The predicted octanol–water partition coefficient (Wildman–Crippen LogP) is 5.96. The Bertz CT molecular complexity index is 1010. The number of rotatable bonds is 7. The molecule has 154 valence electrons. The monoisotopic (exact) mass is 485 g/mol. The highest BCUT2D eigenvalue weighted by Crippen LogP contribution is 2.22. The summed E-state index contributed by atoms with van der Waals surface area (Å²) < 4.78 is 0.886.